The second kappa shape index (κ2) is 11.1. The summed E-state index contributed by atoms with van der Waals surface area (Å²) in [4.78, 5) is 17.9. The van der Waals surface area contributed by atoms with E-state index < -0.39 is 24.3 Å². The first-order chi connectivity index (χ1) is 18.1. The van der Waals surface area contributed by atoms with Gasteiger partial charge in [-0.05, 0) is 49.2 Å². The van der Waals surface area contributed by atoms with Gasteiger partial charge in [-0.2, -0.15) is 13.2 Å². The average molecular weight is 523 g/mol. The van der Waals surface area contributed by atoms with Crippen LogP contribution in [-0.2, 0) is 11.0 Å². The van der Waals surface area contributed by atoms with Gasteiger partial charge in [0.2, 0.25) is 0 Å². The lowest BCUT2D eigenvalue weighted by molar-refractivity contribution is -0.139. The number of carbonyl (C=O) groups is 1. The van der Waals surface area contributed by atoms with Gasteiger partial charge in [-0.15, -0.1) is 0 Å². The van der Waals surface area contributed by atoms with E-state index in [1.807, 2.05) is 50.4 Å². The highest BCUT2D eigenvalue weighted by molar-refractivity contribution is 5.98. The van der Waals surface area contributed by atoms with Crippen LogP contribution in [0.4, 0.5) is 18.9 Å². The Hall–Kier alpha value is -4.07. The minimum Gasteiger partial charge on any atom is -0.481 e. The molecule has 0 bridgehead atoms. The molecule has 3 aromatic carbocycles. The lowest BCUT2D eigenvalue weighted by atomic mass is 9.96. The summed E-state index contributed by atoms with van der Waals surface area (Å²) in [6, 6.07) is 20.2. The maximum atomic E-state index is 13.2. The molecule has 198 valence electrons. The maximum Gasteiger partial charge on any atom is 0.416 e. The molecule has 0 aliphatic heterocycles. The van der Waals surface area contributed by atoms with E-state index in [1.165, 1.54) is 6.07 Å². The molecule has 5 nitrogen and oxygen atoms in total. The van der Waals surface area contributed by atoms with Crippen LogP contribution in [0, 0.1) is 6.92 Å². The number of aryl methyl sites for hydroxylation is 1. The van der Waals surface area contributed by atoms with Gasteiger partial charge in [-0.25, -0.2) is 4.79 Å². The molecule has 0 saturated carbocycles. The van der Waals surface area contributed by atoms with Crippen molar-refractivity contribution in [2.24, 2.45) is 0 Å². The molecule has 38 heavy (non-hydrogen) atoms. The molecule has 4 rings (SSSR count). The summed E-state index contributed by atoms with van der Waals surface area (Å²) < 4.78 is 45.2. The molecule has 0 aliphatic rings. The first-order valence-corrected chi connectivity index (χ1v) is 12.3. The normalized spacial score (nSPS) is 12.4. The maximum absolute atomic E-state index is 13.2. The number of rotatable bonds is 9. The molecular weight excluding hydrogens is 493 g/mol. The number of alkyl halides is 3. The zero-order valence-electron chi connectivity index (χ0n) is 21.4. The smallest absolute Gasteiger partial charge is 0.416 e. The second-order valence-corrected chi connectivity index (χ2v) is 9.18. The number of aliphatic carboxylic acids is 1. The topological polar surface area (TPSA) is 62.7 Å². The van der Waals surface area contributed by atoms with Gasteiger partial charge in [0.1, 0.15) is 5.75 Å². The summed E-state index contributed by atoms with van der Waals surface area (Å²) in [6.45, 7) is 3.55. The lowest BCUT2D eigenvalue weighted by Gasteiger charge is -2.32. The Labute approximate surface area is 219 Å². The number of ether oxygens (including phenoxy) is 1. The number of aromatic nitrogens is 1. The molecule has 0 saturated heterocycles. The lowest BCUT2D eigenvalue weighted by Crippen LogP contribution is -2.25. The summed E-state index contributed by atoms with van der Waals surface area (Å²) in [7, 11) is 2.00. The van der Waals surface area contributed by atoms with Crippen LogP contribution in [0.3, 0.4) is 0 Å². The van der Waals surface area contributed by atoms with Crippen LogP contribution >= 0.6 is 0 Å². The van der Waals surface area contributed by atoms with Crippen LogP contribution in [0.5, 0.6) is 5.75 Å². The average Bonchev–Trinajstić information content (AvgIpc) is 2.89. The van der Waals surface area contributed by atoms with E-state index in [2.05, 4.69) is 11.8 Å². The third-order valence-electron chi connectivity index (χ3n) is 6.59. The molecule has 1 N–H and O–H groups in total. The van der Waals surface area contributed by atoms with Crippen LogP contribution < -0.4 is 9.64 Å². The van der Waals surface area contributed by atoms with Gasteiger partial charge in [0.05, 0.1) is 17.3 Å². The van der Waals surface area contributed by atoms with E-state index in [9.17, 15) is 18.0 Å². The fourth-order valence-electron chi connectivity index (χ4n) is 4.77. The number of anilines is 1. The Morgan fingerprint density at radius 1 is 1.03 bits per heavy atom. The summed E-state index contributed by atoms with van der Waals surface area (Å²) in [5.41, 5.74) is 2.88. The Morgan fingerprint density at radius 2 is 1.76 bits per heavy atom. The predicted octanol–water partition coefficient (Wildman–Crippen LogP) is 7.67. The number of pyridine rings is 1. The third-order valence-corrected chi connectivity index (χ3v) is 6.59. The predicted molar refractivity (Wildman–Crippen MR) is 143 cm³/mol. The van der Waals surface area contributed by atoms with Crippen LogP contribution in [0.25, 0.3) is 22.0 Å². The molecule has 4 aromatic rings. The molecule has 8 heteroatoms. The largest absolute Gasteiger partial charge is 0.481 e. The highest BCUT2D eigenvalue weighted by Gasteiger charge is 2.30. The Morgan fingerprint density at radius 3 is 2.42 bits per heavy atom. The zero-order valence-corrected chi connectivity index (χ0v) is 21.4. The number of carboxylic acids is 1. The standard InChI is InChI=1S/C30H29F3N2O3/c1-4-8-26(22-13-14-25(34-19(22)2)20-9-7-10-21(17-20)30(31,32)33)35(3)27-15-16-28(38-18-29(36)37)24-12-6-5-11-23(24)27/h5-7,9-17,26H,4,8,18H2,1-3H3,(H,36,37). The molecule has 0 amide bonds. The van der Waals surface area contributed by atoms with E-state index in [-0.39, 0.29) is 6.04 Å². The summed E-state index contributed by atoms with van der Waals surface area (Å²) >= 11 is 0. The van der Waals surface area contributed by atoms with Gasteiger partial charge in [0.15, 0.2) is 6.61 Å². The van der Waals surface area contributed by atoms with Crippen molar-refractivity contribution in [3.05, 3.63) is 89.6 Å². The van der Waals surface area contributed by atoms with Gasteiger partial charge in [0.25, 0.3) is 0 Å². The van der Waals surface area contributed by atoms with E-state index in [0.29, 0.717) is 17.0 Å². The van der Waals surface area contributed by atoms with Crippen molar-refractivity contribution in [1.29, 1.82) is 0 Å². The second-order valence-electron chi connectivity index (χ2n) is 9.18. The van der Waals surface area contributed by atoms with E-state index in [4.69, 9.17) is 14.8 Å². The van der Waals surface area contributed by atoms with Crippen molar-refractivity contribution in [2.75, 3.05) is 18.6 Å². The Bertz CT molecular complexity index is 1450. The van der Waals surface area contributed by atoms with Crippen LogP contribution in [0.15, 0.2) is 72.8 Å². The van der Waals surface area contributed by atoms with E-state index in [1.54, 1.807) is 18.2 Å². The molecule has 0 fully saturated rings. The fraction of sp³-hybridized carbons (Fsp3) is 0.267. The minimum absolute atomic E-state index is 0.0442. The van der Waals surface area contributed by atoms with Crippen LogP contribution in [0.1, 0.15) is 42.6 Å². The number of nitrogens with zero attached hydrogens (tertiary/aromatic N) is 2. The number of carboxylic acid groups (broad SMARTS) is 1. The van der Waals surface area contributed by atoms with E-state index >= 15 is 0 Å². The van der Waals surface area contributed by atoms with Gasteiger partial charge in [0, 0.05) is 34.8 Å². The van der Waals surface area contributed by atoms with Crippen molar-refractivity contribution in [3.63, 3.8) is 0 Å². The van der Waals surface area contributed by atoms with Gasteiger partial charge in [-0.1, -0.05) is 55.8 Å². The molecule has 0 radical (unpaired) electrons. The summed E-state index contributed by atoms with van der Waals surface area (Å²) in [5, 5.41) is 10.8. The van der Waals surface area contributed by atoms with Crippen LogP contribution in [-0.4, -0.2) is 29.7 Å². The van der Waals surface area contributed by atoms with Crippen molar-refractivity contribution >= 4 is 22.4 Å². The van der Waals surface area contributed by atoms with Gasteiger partial charge in [-0.3, -0.25) is 4.98 Å². The number of hydrogen-bond acceptors (Lipinski definition) is 4. The van der Waals surface area contributed by atoms with Gasteiger partial charge < -0.3 is 14.7 Å². The number of fused-ring (bicyclic) bond motifs is 1. The number of benzene rings is 3. The molecular formula is C30H29F3N2O3. The summed E-state index contributed by atoms with van der Waals surface area (Å²) in [6.07, 6.45) is -2.69. The molecule has 0 spiro atoms. The van der Waals surface area contributed by atoms with Crippen molar-refractivity contribution in [1.82, 2.24) is 4.98 Å². The molecule has 0 aliphatic carbocycles. The van der Waals surface area contributed by atoms with Gasteiger partial charge >= 0.3 is 12.1 Å². The van der Waals surface area contributed by atoms with Crippen LogP contribution in [0.2, 0.25) is 0 Å². The minimum atomic E-state index is -4.42. The SMILES string of the molecule is CCCC(c1ccc(-c2cccc(C(F)(F)F)c2)nc1C)N(C)c1ccc(OCC(=O)O)c2ccccc12. The zero-order chi connectivity index (χ0) is 27.4. The van der Waals surface area contributed by atoms with Crippen molar-refractivity contribution in [2.45, 2.75) is 38.9 Å². The monoisotopic (exact) mass is 522 g/mol. The summed E-state index contributed by atoms with van der Waals surface area (Å²) in [5.74, 6) is -0.551. The quantitative estimate of drug-likeness (QED) is 0.244. The molecule has 1 heterocycles. The Balaban J connectivity index is 1.71. The Kier molecular flexibility index (Phi) is 7.90. The molecule has 1 unspecified atom stereocenters. The number of hydrogen-bond donors (Lipinski definition) is 1. The van der Waals surface area contributed by atoms with Crippen molar-refractivity contribution < 1.29 is 27.8 Å². The number of halogens is 3. The first kappa shape index (κ1) is 27.0. The fourth-order valence-corrected chi connectivity index (χ4v) is 4.77. The first-order valence-electron chi connectivity index (χ1n) is 12.3. The van der Waals surface area contributed by atoms with Crippen molar-refractivity contribution in [3.8, 4) is 17.0 Å². The third kappa shape index (κ3) is 5.74. The van der Waals surface area contributed by atoms with E-state index in [0.717, 1.165) is 52.7 Å². The highest BCUT2D eigenvalue weighted by Crippen LogP contribution is 2.39. The molecule has 1 aromatic heterocycles. The molecule has 1 atom stereocenters. The highest BCUT2D eigenvalue weighted by atomic mass is 19.4.